The lowest BCUT2D eigenvalue weighted by Gasteiger charge is -2.14. The van der Waals surface area contributed by atoms with Gasteiger partial charge in [0.25, 0.3) is 0 Å². The van der Waals surface area contributed by atoms with Crippen LogP contribution in [0.15, 0.2) is 41.3 Å². The molecule has 0 aliphatic rings. The molecule has 4 nitrogen and oxygen atoms in total. The minimum atomic E-state index is 0.0157. The summed E-state index contributed by atoms with van der Waals surface area (Å²) in [7, 11) is 0. The Kier molecular flexibility index (Phi) is 3.60. The number of aryl methyl sites for hydroxylation is 1. The van der Waals surface area contributed by atoms with E-state index in [2.05, 4.69) is 16.5 Å². The van der Waals surface area contributed by atoms with Crippen LogP contribution in [0.2, 0.25) is 0 Å². The number of rotatable bonds is 4. The molecular weight excluding hydrogens is 264 g/mol. The number of ether oxygens (including phenoxy) is 1. The fourth-order valence-electron chi connectivity index (χ4n) is 2.69. The molecule has 0 unspecified atom stereocenters. The van der Waals surface area contributed by atoms with Crippen LogP contribution in [0.3, 0.4) is 0 Å². The molecular formula is C17H18N2O2. The molecule has 4 heteroatoms. The molecule has 0 aliphatic heterocycles. The Morgan fingerprint density at radius 2 is 2.05 bits per heavy atom. The normalized spacial score (nSPS) is 11.1. The van der Waals surface area contributed by atoms with Gasteiger partial charge < -0.3 is 9.30 Å². The minimum absolute atomic E-state index is 0.0157. The molecule has 0 bridgehead atoms. The number of benzene rings is 1. The van der Waals surface area contributed by atoms with E-state index in [0.717, 1.165) is 29.9 Å². The van der Waals surface area contributed by atoms with Gasteiger partial charge in [-0.3, -0.25) is 4.79 Å². The van der Waals surface area contributed by atoms with Gasteiger partial charge in [0.2, 0.25) is 0 Å². The molecule has 0 saturated carbocycles. The van der Waals surface area contributed by atoms with Crippen LogP contribution in [0.4, 0.5) is 0 Å². The maximum atomic E-state index is 12.7. The second kappa shape index (κ2) is 5.56. The molecule has 0 radical (unpaired) electrons. The van der Waals surface area contributed by atoms with Crippen LogP contribution in [0.1, 0.15) is 20.3 Å². The van der Waals surface area contributed by atoms with Crippen LogP contribution in [0, 0.1) is 0 Å². The predicted octanol–water partition coefficient (Wildman–Crippen LogP) is 3.36. The summed E-state index contributed by atoms with van der Waals surface area (Å²) < 4.78 is 7.63. The second-order valence-corrected chi connectivity index (χ2v) is 4.97. The van der Waals surface area contributed by atoms with Crippen molar-refractivity contribution in [3.05, 3.63) is 46.8 Å². The Hall–Kier alpha value is -2.36. The van der Waals surface area contributed by atoms with E-state index in [1.165, 1.54) is 0 Å². The summed E-state index contributed by atoms with van der Waals surface area (Å²) >= 11 is 0. The summed E-state index contributed by atoms with van der Waals surface area (Å²) in [5, 5.41) is 1.35. The van der Waals surface area contributed by atoms with Gasteiger partial charge in [-0.25, -0.2) is 4.98 Å². The number of pyridine rings is 2. The van der Waals surface area contributed by atoms with Crippen LogP contribution < -0.4 is 10.2 Å². The van der Waals surface area contributed by atoms with Crippen molar-refractivity contribution in [1.29, 1.82) is 0 Å². The fraction of sp³-hybridized carbons (Fsp3) is 0.294. The molecule has 0 atom stereocenters. The first kappa shape index (κ1) is 13.6. The fourth-order valence-corrected chi connectivity index (χ4v) is 2.69. The van der Waals surface area contributed by atoms with Gasteiger partial charge in [-0.15, -0.1) is 0 Å². The molecule has 2 heterocycles. The second-order valence-electron chi connectivity index (χ2n) is 4.97. The van der Waals surface area contributed by atoms with E-state index in [9.17, 15) is 4.79 Å². The smallest absolute Gasteiger partial charge is 0.198 e. The highest BCUT2D eigenvalue weighted by molar-refractivity contribution is 5.92. The molecule has 108 valence electrons. The number of hydrogen-bond acceptors (Lipinski definition) is 3. The van der Waals surface area contributed by atoms with Gasteiger partial charge in [-0.2, -0.15) is 0 Å². The van der Waals surface area contributed by atoms with Crippen molar-refractivity contribution in [2.75, 3.05) is 6.61 Å². The number of nitrogens with zero attached hydrogens (tertiary/aromatic N) is 2. The standard InChI is InChI=1S/C17H18N2O2/c1-3-10-19-15-8-7-12(21-4-2)11-14(15)16(20)13-6-5-9-18-17(13)19/h5-9,11H,3-4,10H2,1-2H3. The third-order valence-corrected chi connectivity index (χ3v) is 3.55. The average Bonchev–Trinajstić information content (AvgIpc) is 2.52. The van der Waals surface area contributed by atoms with Crippen molar-refractivity contribution in [3.63, 3.8) is 0 Å². The van der Waals surface area contributed by atoms with E-state index in [1.54, 1.807) is 12.3 Å². The van der Waals surface area contributed by atoms with Gasteiger partial charge in [-0.1, -0.05) is 6.92 Å². The molecule has 0 N–H and O–H groups in total. The molecule has 1 aromatic carbocycles. The molecule has 0 saturated heterocycles. The lowest BCUT2D eigenvalue weighted by atomic mass is 10.1. The van der Waals surface area contributed by atoms with Gasteiger partial charge in [0.1, 0.15) is 11.4 Å². The molecule has 0 amide bonds. The van der Waals surface area contributed by atoms with E-state index in [0.29, 0.717) is 17.4 Å². The largest absolute Gasteiger partial charge is 0.494 e. The van der Waals surface area contributed by atoms with Crippen molar-refractivity contribution >= 4 is 21.9 Å². The molecule has 3 rings (SSSR count). The van der Waals surface area contributed by atoms with Crippen molar-refractivity contribution in [2.45, 2.75) is 26.8 Å². The van der Waals surface area contributed by atoms with E-state index >= 15 is 0 Å². The van der Waals surface area contributed by atoms with Crippen LogP contribution in [-0.4, -0.2) is 16.2 Å². The van der Waals surface area contributed by atoms with Crippen LogP contribution in [-0.2, 0) is 6.54 Å². The molecule has 0 aliphatic carbocycles. The first-order valence-corrected chi connectivity index (χ1v) is 7.30. The third kappa shape index (κ3) is 2.27. The van der Waals surface area contributed by atoms with Crippen LogP contribution in [0.5, 0.6) is 5.75 Å². The zero-order valence-corrected chi connectivity index (χ0v) is 12.3. The first-order valence-electron chi connectivity index (χ1n) is 7.30. The Labute approximate surface area is 123 Å². The SMILES string of the molecule is CCCn1c2ccc(OCC)cc2c(=O)c2cccnc21. The van der Waals surface area contributed by atoms with E-state index in [4.69, 9.17) is 4.74 Å². The summed E-state index contributed by atoms with van der Waals surface area (Å²) in [6, 6.07) is 9.33. The monoisotopic (exact) mass is 282 g/mol. The van der Waals surface area contributed by atoms with E-state index in [1.807, 2.05) is 31.2 Å². The summed E-state index contributed by atoms with van der Waals surface area (Å²) in [6.07, 6.45) is 2.71. The van der Waals surface area contributed by atoms with Gasteiger partial charge in [0, 0.05) is 12.7 Å². The molecule has 0 fully saturated rings. The van der Waals surface area contributed by atoms with Gasteiger partial charge >= 0.3 is 0 Å². The maximum absolute atomic E-state index is 12.7. The zero-order chi connectivity index (χ0) is 14.8. The Morgan fingerprint density at radius 1 is 1.19 bits per heavy atom. The molecule has 3 aromatic rings. The Balaban J connectivity index is 2.42. The van der Waals surface area contributed by atoms with Crippen molar-refractivity contribution < 1.29 is 4.74 Å². The summed E-state index contributed by atoms with van der Waals surface area (Å²) in [5.41, 5.74) is 1.68. The lowest BCUT2D eigenvalue weighted by Crippen LogP contribution is -2.12. The summed E-state index contributed by atoms with van der Waals surface area (Å²) in [6.45, 7) is 5.47. The summed E-state index contributed by atoms with van der Waals surface area (Å²) in [4.78, 5) is 17.1. The highest BCUT2D eigenvalue weighted by atomic mass is 16.5. The maximum Gasteiger partial charge on any atom is 0.198 e. The topological polar surface area (TPSA) is 44.1 Å². The Bertz CT molecular complexity index is 852. The average molecular weight is 282 g/mol. The molecule has 2 aromatic heterocycles. The Morgan fingerprint density at radius 3 is 2.81 bits per heavy atom. The van der Waals surface area contributed by atoms with Crippen LogP contribution >= 0.6 is 0 Å². The van der Waals surface area contributed by atoms with E-state index < -0.39 is 0 Å². The van der Waals surface area contributed by atoms with Crippen LogP contribution in [0.25, 0.3) is 21.9 Å². The van der Waals surface area contributed by atoms with Crippen molar-refractivity contribution in [3.8, 4) is 5.75 Å². The first-order chi connectivity index (χ1) is 10.3. The third-order valence-electron chi connectivity index (χ3n) is 3.55. The highest BCUT2D eigenvalue weighted by Crippen LogP contribution is 2.22. The van der Waals surface area contributed by atoms with Gasteiger partial charge in [-0.05, 0) is 43.7 Å². The van der Waals surface area contributed by atoms with Crippen molar-refractivity contribution in [2.24, 2.45) is 0 Å². The zero-order valence-electron chi connectivity index (χ0n) is 12.3. The quantitative estimate of drug-likeness (QED) is 0.689. The molecule has 0 spiro atoms. The number of aromatic nitrogens is 2. The minimum Gasteiger partial charge on any atom is -0.494 e. The van der Waals surface area contributed by atoms with Gasteiger partial charge in [0.05, 0.1) is 22.9 Å². The lowest BCUT2D eigenvalue weighted by molar-refractivity contribution is 0.340. The molecule has 21 heavy (non-hydrogen) atoms. The highest BCUT2D eigenvalue weighted by Gasteiger charge is 2.11. The van der Waals surface area contributed by atoms with Gasteiger partial charge in [0.15, 0.2) is 5.43 Å². The summed E-state index contributed by atoms with van der Waals surface area (Å²) in [5.74, 6) is 0.730. The number of hydrogen-bond donors (Lipinski definition) is 0. The van der Waals surface area contributed by atoms with Crippen molar-refractivity contribution in [1.82, 2.24) is 9.55 Å². The predicted molar refractivity (Wildman–Crippen MR) is 85.0 cm³/mol. The number of fused-ring (bicyclic) bond motifs is 2. The van der Waals surface area contributed by atoms with E-state index in [-0.39, 0.29) is 5.43 Å².